The van der Waals surface area contributed by atoms with Gasteiger partial charge in [-0.05, 0) is 6.07 Å². The number of aromatic carboxylic acids is 1. The van der Waals surface area contributed by atoms with Gasteiger partial charge in [0.05, 0.1) is 24.5 Å². The molecule has 0 radical (unpaired) electrons. The number of carboxylic acid groups (broad SMARTS) is 1. The van der Waals surface area contributed by atoms with Crippen molar-refractivity contribution in [1.82, 2.24) is 25.2 Å². The van der Waals surface area contributed by atoms with Crippen LogP contribution in [0.5, 0.6) is 0 Å². The molecule has 19 heavy (non-hydrogen) atoms. The van der Waals surface area contributed by atoms with Crippen molar-refractivity contribution in [2.45, 2.75) is 6.54 Å². The molecule has 0 bridgehead atoms. The molecule has 0 saturated heterocycles. The Kier molecular flexibility index (Phi) is 3.63. The fraction of sp³-hybridized carbons (Fsp3) is 0.200. The lowest BCUT2D eigenvalue weighted by atomic mass is 10.3. The molecule has 0 aliphatic rings. The number of nitrogens with one attached hydrogen (secondary N) is 1. The molecule has 0 spiro atoms. The van der Waals surface area contributed by atoms with Crippen LogP contribution in [0.4, 0.5) is 5.82 Å². The van der Waals surface area contributed by atoms with Gasteiger partial charge in [-0.15, -0.1) is 10.2 Å². The van der Waals surface area contributed by atoms with E-state index in [2.05, 4.69) is 25.8 Å². The van der Waals surface area contributed by atoms with Gasteiger partial charge < -0.3 is 10.4 Å². The second-order valence-electron chi connectivity index (χ2n) is 3.50. The summed E-state index contributed by atoms with van der Waals surface area (Å²) < 4.78 is 1.39. The highest BCUT2D eigenvalue weighted by Gasteiger charge is 2.08. The Labute approximate surface area is 107 Å². The topological polar surface area (TPSA) is 130 Å². The minimum atomic E-state index is -1.13. The van der Waals surface area contributed by atoms with Crippen LogP contribution in [0.25, 0.3) is 0 Å². The molecule has 0 amide bonds. The molecule has 9 nitrogen and oxygen atoms in total. The lowest BCUT2D eigenvalue weighted by molar-refractivity contribution is 0.0690. The molecular formula is C10H9N7O2. The quantitative estimate of drug-likeness (QED) is 0.751. The number of hydrogen-bond donors (Lipinski definition) is 2. The van der Waals surface area contributed by atoms with E-state index in [0.29, 0.717) is 24.5 Å². The summed E-state index contributed by atoms with van der Waals surface area (Å²) >= 11 is 0. The van der Waals surface area contributed by atoms with Gasteiger partial charge in [0, 0.05) is 6.54 Å². The van der Waals surface area contributed by atoms with Gasteiger partial charge in [0.1, 0.15) is 6.07 Å². The maximum Gasteiger partial charge on any atom is 0.358 e. The number of hydrogen-bond acceptors (Lipinski definition) is 7. The van der Waals surface area contributed by atoms with Crippen LogP contribution < -0.4 is 5.32 Å². The highest BCUT2D eigenvalue weighted by molar-refractivity contribution is 5.84. The fourth-order valence-corrected chi connectivity index (χ4v) is 1.35. The second-order valence-corrected chi connectivity index (χ2v) is 3.50. The van der Waals surface area contributed by atoms with Gasteiger partial charge in [-0.1, -0.05) is 5.21 Å². The lowest BCUT2D eigenvalue weighted by Crippen LogP contribution is -2.13. The third-order valence-corrected chi connectivity index (χ3v) is 2.23. The van der Waals surface area contributed by atoms with Crippen LogP contribution in [0.2, 0.25) is 0 Å². The van der Waals surface area contributed by atoms with Crippen LogP contribution in [-0.2, 0) is 6.54 Å². The predicted molar refractivity (Wildman–Crippen MR) is 62.2 cm³/mol. The summed E-state index contributed by atoms with van der Waals surface area (Å²) in [5.41, 5.74) is 0.275. The van der Waals surface area contributed by atoms with E-state index >= 15 is 0 Å². The number of carboxylic acids is 1. The smallest absolute Gasteiger partial charge is 0.358 e. The Morgan fingerprint density at radius 1 is 1.53 bits per heavy atom. The first kappa shape index (κ1) is 12.4. The molecule has 9 heteroatoms. The normalized spacial score (nSPS) is 9.84. The minimum Gasteiger partial charge on any atom is -0.476 e. The number of aromatic nitrogens is 5. The minimum absolute atomic E-state index is 0.114. The Hall–Kier alpha value is -3.02. The lowest BCUT2D eigenvalue weighted by Gasteiger charge is -2.05. The molecule has 0 aliphatic carbocycles. The largest absolute Gasteiger partial charge is 0.476 e. The van der Waals surface area contributed by atoms with Crippen molar-refractivity contribution >= 4 is 11.8 Å². The van der Waals surface area contributed by atoms with Crippen LogP contribution in [0.3, 0.4) is 0 Å². The first-order valence-corrected chi connectivity index (χ1v) is 5.30. The average molecular weight is 259 g/mol. The van der Waals surface area contributed by atoms with Crippen molar-refractivity contribution in [3.05, 3.63) is 29.7 Å². The van der Waals surface area contributed by atoms with Crippen molar-refractivity contribution in [3.8, 4) is 6.07 Å². The van der Waals surface area contributed by atoms with E-state index in [9.17, 15) is 4.79 Å². The Morgan fingerprint density at radius 3 is 3.05 bits per heavy atom. The summed E-state index contributed by atoms with van der Waals surface area (Å²) in [4.78, 5) is 10.6. The number of nitrogens with zero attached hydrogens (tertiary/aromatic N) is 6. The van der Waals surface area contributed by atoms with Crippen molar-refractivity contribution in [1.29, 1.82) is 5.26 Å². The van der Waals surface area contributed by atoms with E-state index < -0.39 is 5.97 Å². The zero-order valence-electron chi connectivity index (χ0n) is 9.69. The first-order chi connectivity index (χ1) is 9.20. The highest BCUT2D eigenvalue weighted by atomic mass is 16.4. The van der Waals surface area contributed by atoms with Crippen LogP contribution in [0.15, 0.2) is 18.5 Å². The molecule has 0 unspecified atom stereocenters. The summed E-state index contributed by atoms with van der Waals surface area (Å²) in [5, 5.41) is 35.0. The summed E-state index contributed by atoms with van der Waals surface area (Å²) in [6.45, 7) is 0.803. The molecule has 2 heterocycles. The maximum atomic E-state index is 10.6. The number of anilines is 1. The molecule has 0 aliphatic heterocycles. The number of carbonyl (C=O) groups is 1. The van der Waals surface area contributed by atoms with E-state index in [-0.39, 0.29) is 5.69 Å². The van der Waals surface area contributed by atoms with Crippen LogP contribution >= 0.6 is 0 Å². The zero-order chi connectivity index (χ0) is 13.7. The zero-order valence-corrected chi connectivity index (χ0v) is 9.69. The third-order valence-electron chi connectivity index (χ3n) is 2.23. The van der Waals surface area contributed by atoms with Gasteiger partial charge in [-0.2, -0.15) is 10.4 Å². The second kappa shape index (κ2) is 5.54. The van der Waals surface area contributed by atoms with Gasteiger partial charge in [-0.25, -0.2) is 9.48 Å². The Morgan fingerprint density at radius 2 is 2.37 bits per heavy atom. The van der Waals surface area contributed by atoms with Crippen LogP contribution in [0, 0.1) is 11.3 Å². The Balaban J connectivity index is 1.93. The highest BCUT2D eigenvalue weighted by Crippen LogP contribution is 2.07. The van der Waals surface area contributed by atoms with Crippen molar-refractivity contribution in [3.63, 3.8) is 0 Å². The number of rotatable bonds is 5. The predicted octanol–water partition coefficient (Wildman–Crippen LogP) is -0.250. The SMILES string of the molecule is N#Cc1ccnnc1NCCn1cc(C(=O)O)nn1. The van der Waals surface area contributed by atoms with E-state index in [1.165, 1.54) is 17.1 Å². The summed E-state index contributed by atoms with van der Waals surface area (Å²) in [7, 11) is 0. The van der Waals surface area contributed by atoms with Crippen molar-refractivity contribution < 1.29 is 9.90 Å². The molecule has 0 atom stereocenters. The van der Waals surface area contributed by atoms with E-state index in [0.717, 1.165) is 0 Å². The molecule has 0 saturated carbocycles. The van der Waals surface area contributed by atoms with E-state index in [4.69, 9.17) is 10.4 Å². The summed E-state index contributed by atoms with van der Waals surface area (Å²) in [6.07, 6.45) is 2.76. The van der Waals surface area contributed by atoms with Gasteiger partial charge in [-0.3, -0.25) is 0 Å². The maximum absolute atomic E-state index is 10.6. The standard InChI is InChI=1S/C10H9N7O2/c11-5-7-1-2-13-15-9(7)12-3-4-17-6-8(10(18)19)14-16-17/h1-2,6H,3-4H2,(H,12,15)(H,18,19). The van der Waals surface area contributed by atoms with Gasteiger partial charge >= 0.3 is 5.97 Å². The van der Waals surface area contributed by atoms with Gasteiger partial charge in [0.15, 0.2) is 11.5 Å². The monoisotopic (exact) mass is 259 g/mol. The summed E-state index contributed by atoms with van der Waals surface area (Å²) in [5.74, 6) is -0.747. The van der Waals surface area contributed by atoms with E-state index in [1.54, 1.807) is 6.07 Å². The molecule has 96 valence electrons. The van der Waals surface area contributed by atoms with Crippen molar-refractivity contribution in [2.75, 3.05) is 11.9 Å². The van der Waals surface area contributed by atoms with Gasteiger partial charge in [0.2, 0.25) is 0 Å². The average Bonchev–Trinajstić information content (AvgIpc) is 2.88. The molecule has 2 N–H and O–H groups in total. The molecule has 2 aromatic rings. The van der Waals surface area contributed by atoms with Crippen LogP contribution in [0.1, 0.15) is 16.1 Å². The third kappa shape index (κ3) is 3.01. The van der Waals surface area contributed by atoms with E-state index in [1.807, 2.05) is 6.07 Å². The molecule has 0 aromatic carbocycles. The molecular weight excluding hydrogens is 250 g/mol. The molecule has 2 rings (SSSR count). The number of nitriles is 1. The fourth-order valence-electron chi connectivity index (χ4n) is 1.35. The molecule has 2 aromatic heterocycles. The van der Waals surface area contributed by atoms with Crippen molar-refractivity contribution in [2.24, 2.45) is 0 Å². The van der Waals surface area contributed by atoms with Gasteiger partial charge in [0.25, 0.3) is 0 Å². The first-order valence-electron chi connectivity index (χ1n) is 5.30. The van der Waals surface area contributed by atoms with Crippen LogP contribution in [-0.4, -0.2) is 42.8 Å². The molecule has 0 fully saturated rings. The summed E-state index contributed by atoms with van der Waals surface area (Å²) in [6, 6.07) is 3.53. The Bertz CT molecular complexity index is 631.